The molecule has 12 heteroatoms. The summed E-state index contributed by atoms with van der Waals surface area (Å²) in [6, 6.07) is 14.2. The van der Waals surface area contributed by atoms with Crippen LogP contribution in [0.2, 0.25) is 5.28 Å². The number of nitrogens with zero attached hydrogens (tertiary/aromatic N) is 5. The SMILES string of the molecule is COCc1cc(C)n(CC(=O)N/N=C/c2c(Oc3nc(Cl)ncc3F)ccc3ccccc23)c(=O)c1C#N. The quantitative estimate of drug-likeness (QED) is 0.206. The molecule has 38 heavy (non-hydrogen) atoms. The van der Waals surface area contributed by atoms with Crippen molar-refractivity contribution in [2.45, 2.75) is 20.1 Å². The molecule has 0 fully saturated rings. The molecule has 2 heterocycles. The number of ether oxygens (including phenoxy) is 2. The van der Waals surface area contributed by atoms with Gasteiger partial charge >= 0.3 is 0 Å². The Bertz CT molecular complexity index is 1660. The largest absolute Gasteiger partial charge is 0.436 e. The van der Waals surface area contributed by atoms with Crippen molar-refractivity contribution < 1.29 is 18.7 Å². The van der Waals surface area contributed by atoms with Crippen LogP contribution in [0.4, 0.5) is 4.39 Å². The molecule has 2 aromatic carbocycles. The van der Waals surface area contributed by atoms with Crippen LogP contribution in [0.15, 0.2) is 58.6 Å². The first-order valence-corrected chi connectivity index (χ1v) is 11.5. The summed E-state index contributed by atoms with van der Waals surface area (Å²) in [5.74, 6) is -1.59. The maximum Gasteiger partial charge on any atom is 0.269 e. The molecule has 0 bridgehead atoms. The Morgan fingerprint density at radius 1 is 1.32 bits per heavy atom. The first kappa shape index (κ1) is 26.4. The third-order valence-electron chi connectivity index (χ3n) is 5.51. The zero-order valence-corrected chi connectivity index (χ0v) is 21.0. The Morgan fingerprint density at radius 3 is 2.87 bits per heavy atom. The van der Waals surface area contributed by atoms with Gasteiger partial charge in [0.05, 0.1) is 19.0 Å². The number of rotatable bonds is 8. The average molecular weight is 535 g/mol. The van der Waals surface area contributed by atoms with Crippen LogP contribution >= 0.6 is 11.6 Å². The number of benzene rings is 2. The monoisotopic (exact) mass is 534 g/mol. The van der Waals surface area contributed by atoms with Crippen LogP contribution in [0.25, 0.3) is 10.8 Å². The van der Waals surface area contributed by atoms with Crippen molar-refractivity contribution in [2.24, 2.45) is 5.10 Å². The lowest BCUT2D eigenvalue weighted by molar-refractivity contribution is -0.121. The van der Waals surface area contributed by atoms with Crippen molar-refractivity contribution in [3.63, 3.8) is 0 Å². The van der Waals surface area contributed by atoms with Gasteiger partial charge < -0.3 is 14.0 Å². The number of aromatic nitrogens is 3. The lowest BCUT2D eigenvalue weighted by Crippen LogP contribution is -2.33. The van der Waals surface area contributed by atoms with Crippen molar-refractivity contribution in [3.05, 3.63) is 92.5 Å². The number of fused-ring (bicyclic) bond motifs is 1. The zero-order valence-electron chi connectivity index (χ0n) is 20.2. The summed E-state index contributed by atoms with van der Waals surface area (Å²) in [7, 11) is 1.46. The summed E-state index contributed by atoms with van der Waals surface area (Å²) in [6.45, 7) is 1.38. The van der Waals surface area contributed by atoms with Gasteiger partial charge in [0.2, 0.25) is 11.1 Å². The second-order valence-electron chi connectivity index (χ2n) is 8.01. The van der Waals surface area contributed by atoms with Crippen molar-refractivity contribution in [3.8, 4) is 17.7 Å². The van der Waals surface area contributed by atoms with Gasteiger partial charge in [-0.05, 0) is 41.4 Å². The molecule has 4 rings (SSSR count). The number of pyridine rings is 1. The maximum absolute atomic E-state index is 14.2. The highest BCUT2D eigenvalue weighted by Gasteiger charge is 2.16. The van der Waals surface area contributed by atoms with Gasteiger partial charge in [-0.1, -0.05) is 30.3 Å². The maximum atomic E-state index is 14.2. The number of hydrogen-bond acceptors (Lipinski definition) is 8. The molecule has 0 spiro atoms. The Morgan fingerprint density at radius 2 is 2.11 bits per heavy atom. The van der Waals surface area contributed by atoms with Gasteiger partial charge in [-0.2, -0.15) is 19.7 Å². The van der Waals surface area contributed by atoms with Crippen LogP contribution in [0.5, 0.6) is 11.6 Å². The first-order valence-electron chi connectivity index (χ1n) is 11.1. The molecule has 4 aromatic rings. The number of hydrogen-bond donors (Lipinski definition) is 1. The highest BCUT2D eigenvalue weighted by atomic mass is 35.5. The molecule has 192 valence electrons. The molecule has 0 unspecified atom stereocenters. The predicted molar refractivity (Wildman–Crippen MR) is 138 cm³/mol. The third-order valence-corrected chi connectivity index (χ3v) is 5.69. The number of hydrazone groups is 1. The minimum atomic E-state index is -0.812. The average Bonchev–Trinajstić information content (AvgIpc) is 2.90. The molecular weight excluding hydrogens is 515 g/mol. The number of halogens is 2. The van der Waals surface area contributed by atoms with Gasteiger partial charge in [-0.15, -0.1) is 0 Å². The minimum absolute atomic E-state index is 0.0941. The Hall–Kier alpha value is -4.66. The minimum Gasteiger partial charge on any atom is -0.436 e. The lowest BCUT2D eigenvalue weighted by atomic mass is 10.0. The number of nitrogens with one attached hydrogen (secondary N) is 1. The van der Waals surface area contributed by atoms with E-state index in [-0.39, 0.29) is 35.6 Å². The van der Waals surface area contributed by atoms with Crippen LogP contribution < -0.4 is 15.7 Å². The van der Waals surface area contributed by atoms with E-state index >= 15 is 0 Å². The van der Waals surface area contributed by atoms with Gasteiger partial charge in [-0.3, -0.25) is 9.59 Å². The molecule has 0 saturated heterocycles. The van der Waals surface area contributed by atoms with Crippen LogP contribution in [-0.4, -0.2) is 33.8 Å². The number of aryl methyl sites for hydroxylation is 1. The summed E-state index contributed by atoms with van der Waals surface area (Å²) in [4.78, 5) is 32.7. The highest BCUT2D eigenvalue weighted by molar-refractivity contribution is 6.28. The molecule has 1 amide bonds. The van der Waals surface area contributed by atoms with Gasteiger partial charge in [0.25, 0.3) is 17.3 Å². The fraction of sp³-hybridized carbons (Fsp3) is 0.154. The number of carbonyl (C=O) groups excluding carboxylic acids is 1. The molecule has 0 radical (unpaired) electrons. The van der Waals surface area contributed by atoms with Crippen molar-refractivity contribution in [2.75, 3.05) is 7.11 Å². The van der Waals surface area contributed by atoms with Crippen molar-refractivity contribution in [1.29, 1.82) is 5.26 Å². The van der Waals surface area contributed by atoms with Crippen molar-refractivity contribution in [1.82, 2.24) is 20.0 Å². The molecule has 0 atom stereocenters. The van der Waals surface area contributed by atoms with E-state index in [1.54, 1.807) is 31.2 Å². The first-order chi connectivity index (χ1) is 18.3. The predicted octanol–water partition coefficient (Wildman–Crippen LogP) is 3.85. The lowest BCUT2D eigenvalue weighted by Gasteiger charge is -2.13. The van der Waals surface area contributed by atoms with Gasteiger partial charge in [-0.25, -0.2) is 10.4 Å². The fourth-order valence-corrected chi connectivity index (χ4v) is 3.90. The van der Waals surface area contributed by atoms with Crippen LogP contribution in [0.3, 0.4) is 0 Å². The molecule has 1 N–H and O–H groups in total. The highest BCUT2D eigenvalue weighted by Crippen LogP contribution is 2.31. The normalized spacial score (nSPS) is 11.0. The molecule has 10 nitrogen and oxygen atoms in total. The third kappa shape index (κ3) is 5.67. The summed E-state index contributed by atoms with van der Waals surface area (Å²) >= 11 is 5.78. The van der Waals surface area contributed by atoms with E-state index in [0.29, 0.717) is 22.2 Å². The summed E-state index contributed by atoms with van der Waals surface area (Å²) in [6.07, 6.45) is 2.23. The fourth-order valence-electron chi connectivity index (χ4n) is 3.77. The summed E-state index contributed by atoms with van der Waals surface area (Å²) in [5.41, 5.74) is 3.03. The zero-order chi connectivity index (χ0) is 27.2. The molecule has 0 aliphatic heterocycles. The van der Waals surface area contributed by atoms with E-state index in [4.69, 9.17) is 21.1 Å². The smallest absolute Gasteiger partial charge is 0.269 e. The van der Waals surface area contributed by atoms with Gasteiger partial charge in [0, 0.05) is 23.9 Å². The van der Waals surface area contributed by atoms with Crippen molar-refractivity contribution >= 4 is 34.5 Å². The second-order valence-corrected chi connectivity index (χ2v) is 8.35. The number of methoxy groups -OCH3 is 1. The van der Waals surface area contributed by atoms with Crippen LogP contribution in [0.1, 0.15) is 22.4 Å². The van der Waals surface area contributed by atoms with E-state index in [0.717, 1.165) is 11.6 Å². The van der Waals surface area contributed by atoms with E-state index in [2.05, 4.69) is 20.5 Å². The summed E-state index contributed by atoms with van der Waals surface area (Å²) in [5, 5.41) is 14.8. The van der Waals surface area contributed by atoms with E-state index in [9.17, 15) is 19.2 Å². The number of amides is 1. The molecule has 0 aliphatic rings. The Kier molecular flexibility index (Phi) is 8.06. The summed E-state index contributed by atoms with van der Waals surface area (Å²) < 4.78 is 26.1. The number of carbonyl (C=O) groups is 1. The molecule has 0 aliphatic carbocycles. The molecule has 2 aromatic heterocycles. The van der Waals surface area contributed by atoms with E-state index in [1.807, 2.05) is 24.3 Å². The standard InChI is InChI=1S/C26H20ClFN6O4/c1-15-9-17(14-37-2)19(10-29)25(36)34(15)13-23(35)33-31-11-20-18-6-4-3-5-16(18)7-8-22(20)38-24-21(28)12-30-26(27)32-24/h3-9,11-12H,13-14H2,1-2H3,(H,33,35)/b31-11+. The van der Waals surface area contributed by atoms with E-state index in [1.165, 1.54) is 17.9 Å². The Labute approximate surface area is 220 Å². The molecule has 0 saturated carbocycles. The topological polar surface area (TPSA) is 131 Å². The van der Waals surface area contributed by atoms with Crippen LogP contribution in [0, 0.1) is 24.1 Å². The van der Waals surface area contributed by atoms with E-state index < -0.39 is 17.3 Å². The Balaban J connectivity index is 1.61. The molecular formula is C26H20ClFN6O4. The van der Waals surface area contributed by atoms with Gasteiger partial charge in [0.15, 0.2) is 0 Å². The number of nitriles is 1. The second kappa shape index (κ2) is 11.6. The van der Waals surface area contributed by atoms with Gasteiger partial charge in [0.1, 0.15) is 23.9 Å². The van der Waals surface area contributed by atoms with Crippen LogP contribution in [-0.2, 0) is 22.7 Å².